The van der Waals surface area contributed by atoms with E-state index in [1.807, 2.05) is 0 Å². The maximum absolute atomic E-state index is 13.9. The maximum Gasteiger partial charge on any atom is 0.416 e. The summed E-state index contributed by atoms with van der Waals surface area (Å²) in [7, 11) is 0. The molecule has 1 aliphatic carbocycles. The predicted molar refractivity (Wildman–Crippen MR) is 74.7 cm³/mol. The highest BCUT2D eigenvalue weighted by atomic mass is 19.4. The van der Waals surface area contributed by atoms with Crippen LogP contribution in [0.25, 0.3) is 0 Å². The van der Waals surface area contributed by atoms with E-state index in [4.69, 9.17) is 0 Å². The van der Waals surface area contributed by atoms with Gasteiger partial charge in [-0.1, -0.05) is 6.42 Å². The zero-order chi connectivity index (χ0) is 17.7. The fourth-order valence-electron chi connectivity index (χ4n) is 3.83. The summed E-state index contributed by atoms with van der Waals surface area (Å²) in [6.45, 7) is 0.0301. The molecule has 1 aromatic carbocycles. The quantitative estimate of drug-likeness (QED) is 0.838. The number of alkyl halides is 3. The molecule has 2 aliphatic rings. The number of amides is 1. The molecule has 0 bridgehead atoms. The van der Waals surface area contributed by atoms with Crippen LogP contribution in [0.5, 0.6) is 0 Å². The van der Waals surface area contributed by atoms with Gasteiger partial charge in [0.15, 0.2) is 0 Å². The summed E-state index contributed by atoms with van der Waals surface area (Å²) in [5.41, 5.74) is -2.85. The number of hydrogen-bond donors (Lipinski definition) is 1. The van der Waals surface area contributed by atoms with Crippen LogP contribution in [0.15, 0.2) is 18.2 Å². The van der Waals surface area contributed by atoms with E-state index in [0.29, 0.717) is 31.0 Å². The van der Waals surface area contributed by atoms with E-state index >= 15 is 0 Å². The van der Waals surface area contributed by atoms with Crippen molar-refractivity contribution in [2.75, 3.05) is 13.1 Å². The first-order chi connectivity index (χ1) is 11.1. The molecular formula is C16H15F4NO3. The van der Waals surface area contributed by atoms with Gasteiger partial charge in [-0.25, -0.2) is 4.39 Å². The Kier molecular flexibility index (Phi) is 3.80. The van der Waals surface area contributed by atoms with E-state index in [9.17, 15) is 32.3 Å². The Bertz CT molecular complexity index is 703. The molecule has 0 unspecified atom stereocenters. The summed E-state index contributed by atoms with van der Waals surface area (Å²) in [6.07, 6.45) is -2.90. The van der Waals surface area contributed by atoms with Crippen molar-refractivity contribution in [3.8, 4) is 0 Å². The van der Waals surface area contributed by atoms with Crippen molar-refractivity contribution in [3.05, 3.63) is 35.1 Å². The monoisotopic (exact) mass is 345 g/mol. The molecule has 2 atom stereocenters. The molecule has 1 heterocycles. The fourth-order valence-corrected chi connectivity index (χ4v) is 3.83. The van der Waals surface area contributed by atoms with Gasteiger partial charge in [-0.15, -0.1) is 0 Å². The number of carboxylic acid groups (broad SMARTS) is 1. The first kappa shape index (κ1) is 16.7. The molecule has 130 valence electrons. The Morgan fingerprint density at radius 2 is 2.00 bits per heavy atom. The number of hydrogen-bond acceptors (Lipinski definition) is 2. The van der Waals surface area contributed by atoms with E-state index in [1.54, 1.807) is 0 Å². The minimum Gasteiger partial charge on any atom is -0.481 e. The third-order valence-corrected chi connectivity index (χ3v) is 5.11. The fraction of sp³-hybridized carbons (Fsp3) is 0.500. The highest BCUT2D eigenvalue weighted by Gasteiger charge is 2.56. The Balaban J connectivity index is 1.90. The van der Waals surface area contributed by atoms with Crippen molar-refractivity contribution >= 4 is 11.9 Å². The number of fused-ring (bicyclic) bond motifs is 1. The second-order valence-electron chi connectivity index (χ2n) is 6.43. The number of rotatable bonds is 2. The van der Waals surface area contributed by atoms with Crippen molar-refractivity contribution in [2.45, 2.75) is 25.4 Å². The predicted octanol–water partition coefficient (Wildman–Crippen LogP) is 3.17. The molecule has 1 saturated heterocycles. The maximum atomic E-state index is 13.9. The van der Waals surface area contributed by atoms with E-state index in [-0.39, 0.29) is 19.0 Å². The van der Waals surface area contributed by atoms with Crippen molar-refractivity contribution in [2.24, 2.45) is 11.3 Å². The van der Waals surface area contributed by atoms with Gasteiger partial charge in [0, 0.05) is 13.1 Å². The van der Waals surface area contributed by atoms with Crippen LogP contribution in [0, 0.1) is 17.2 Å². The van der Waals surface area contributed by atoms with E-state index in [0.717, 1.165) is 11.3 Å². The van der Waals surface area contributed by atoms with Gasteiger partial charge in [0.1, 0.15) is 5.82 Å². The first-order valence-electron chi connectivity index (χ1n) is 7.54. The molecule has 0 aromatic heterocycles. The molecule has 8 heteroatoms. The van der Waals surface area contributed by atoms with Crippen molar-refractivity contribution in [1.82, 2.24) is 4.90 Å². The van der Waals surface area contributed by atoms with Crippen molar-refractivity contribution < 1.29 is 32.3 Å². The molecule has 0 radical (unpaired) electrons. The van der Waals surface area contributed by atoms with Gasteiger partial charge >= 0.3 is 12.1 Å². The lowest BCUT2D eigenvalue weighted by atomic mass is 9.81. The van der Waals surface area contributed by atoms with Crippen molar-refractivity contribution in [1.29, 1.82) is 0 Å². The number of benzene rings is 1. The van der Waals surface area contributed by atoms with E-state index in [1.165, 1.54) is 0 Å². The lowest BCUT2D eigenvalue weighted by Gasteiger charge is -2.23. The molecular weight excluding hydrogens is 330 g/mol. The average molecular weight is 345 g/mol. The van der Waals surface area contributed by atoms with Crippen LogP contribution in [0.4, 0.5) is 17.6 Å². The smallest absolute Gasteiger partial charge is 0.416 e. The lowest BCUT2D eigenvalue weighted by molar-refractivity contribution is -0.149. The standard InChI is InChI=1S/C16H15F4NO3/c17-12-4-3-9(16(18,19)20)6-11(12)13(22)21-7-10-2-1-5-15(10,8-21)14(23)24/h3-4,6,10H,1-2,5,7-8H2,(H,23,24)/t10-,15+/m0/s1. The SMILES string of the molecule is O=C(c1cc(C(F)(F)F)ccc1F)N1C[C@@H]2CCC[C@@]2(C(=O)O)C1. The Morgan fingerprint density at radius 3 is 2.58 bits per heavy atom. The minimum absolute atomic E-state index is 0.0957. The topological polar surface area (TPSA) is 57.6 Å². The number of carbonyl (C=O) groups is 2. The Hall–Kier alpha value is -2.12. The van der Waals surface area contributed by atoms with Crippen LogP contribution in [0.1, 0.15) is 35.2 Å². The summed E-state index contributed by atoms with van der Waals surface area (Å²) in [5.74, 6) is -3.19. The molecule has 2 fully saturated rings. The molecule has 1 amide bonds. The average Bonchev–Trinajstić information content (AvgIpc) is 3.03. The van der Waals surface area contributed by atoms with Gasteiger partial charge in [-0.2, -0.15) is 13.2 Å². The number of carbonyl (C=O) groups excluding carboxylic acids is 1. The second kappa shape index (κ2) is 5.46. The molecule has 3 rings (SSSR count). The zero-order valence-electron chi connectivity index (χ0n) is 12.6. The van der Waals surface area contributed by atoms with E-state index in [2.05, 4.69) is 0 Å². The summed E-state index contributed by atoms with van der Waals surface area (Å²) < 4.78 is 52.2. The van der Waals surface area contributed by atoms with E-state index < -0.39 is 40.4 Å². The van der Waals surface area contributed by atoms with Crippen LogP contribution in [-0.2, 0) is 11.0 Å². The number of carboxylic acids is 1. The third kappa shape index (κ3) is 2.53. The Labute approximate surface area is 135 Å². The normalized spacial score (nSPS) is 26.5. The second-order valence-corrected chi connectivity index (χ2v) is 6.43. The van der Waals surface area contributed by atoms with Crippen LogP contribution in [-0.4, -0.2) is 35.0 Å². The van der Waals surface area contributed by atoms with Crippen LogP contribution < -0.4 is 0 Å². The van der Waals surface area contributed by atoms with Crippen LogP contribution >= 0.6 is 0 Å². The van der Waals surface area contributed by atoms with Gasteiger partial charge in [0.25, 0.3) is 5.91 Å². The molecule has 1 aliphatic heterocycles. The van der Waals surface area contributed by atoms with Gasteiger partial charge in [0.2, 0.25) is 0 Å². The molecule has 0 spiro atoms. The largest absolute Gasteiger partial charge is 0.481 e. The summed E-state index contributed by atoms with van der Waals surface area (Å²) in [5, 5.41) is 9.49. The van der Waals surface area contributed by atoms with Gasteiger partial charge < -0.3 is 10.0 Å². The number of nitrogens with zero attached hydrogens (tertiary/aromatic N) is 1. The molecule has 1 saturated carbocycles. The van der Waals surface area contributed by atoms with Gasteiger partial charge in [-0.05, 0) is 37.0 Å². The van der Waals surface area contributed by atoms with Gasteiger partial charge in [0.05, 0.1) is 16.5 Å². The van der Waals surface area contributed by atoms with Crippen LogP contribution in [0.3, 0.4) is 0 Å². The van der Waals surface area contributed by atoms with Crippen LogP contribution in [0.2, 0.25) is 0 Å². The lowest BCUT2D eigenvalue weighted by Crippen LogP contribution is -2.37. The van der Waals surface area contributed by atoms with Crippen molar-refractivity contribution in [3.63, 3.8) is 0 Å². The van der Waals surface area contributed by atoms with Gasteiger partial charge in [-0.3, -0.25) is 9.59 Å². The summed E-state index contributed by atoms with van der Waals surface area (Å²) in [6, 6.07) is 1.67. The number of aliphatic carboxylic acids is 1. The summed E-state index contributed by atoms with van der Waals surface area (Å²) in [4.78, 5) is 25.2. The third-order valence-electron chi connectivity index (χ3n) is 5.11. The highest BCUT2D eigenvalue weighted by Crippen LogP contribution is 2.49. The molecule has 1 aromatic rings. The summed E-state index contributed by atoms with van der Waals surface area (Å²) >= 11 is 0. The number of likely N-dealkylation sites (tertiary alicyclic amines) is 1. The molecule has 24 heavy (non-hydrogen) atoms. The highest BCUT2D eigenvalue weighted by molar-refractivity contribution is 5.95. The molecule has 4 nitrogen and oxygen atoms in total. The zero-order valence-corrected chi connectivity index (χ0v) is 12.6. The first-order valence-corrected chi connectivity index (χ1v) is 7.54. The minimum atomic E-state index is -4.69. The Morgan fingerprint density at radius 1 is 1.29 bits per heavy atom. The number of halogens is 4. The molecule has 1 N–H and O–H groups in total.